The van der Waals surface area contributed by atoms with E-state index in [0.29, 0.717) is 23.3 Å². The summed E-state index contributed by atoms with van der Waals surface area (Å²) in [5, 5.41) is 0. The van der Waals surface area contributed by atoms with Gasteiger partial charge in [0, 0.05) is 25.1 Å². The molecule has 5 N–H and O–H groups in total. The van der Waals surface area contributed by atoms with Crippen molar-refractivity contribution in [3.63, 3.8) is 0 Å². The number of nitrogens with zero attached hydrogens (tertiary/aromatic N) is 1. The van der Waals surface area contributed by atoms with Crippen LogP contribution in [-0.2, 0) is 54.6 Å². The van der Waals surface area contributed by atoms with Crippen molar-refractivity contribution < 1.29 is 55.7 Å². The molecule has 1 aliphatic heterocycles. The summed E-state index contributed by atoms with van der Waals surface area (Å²) in [4.78, 5) is 60.1. The molecule has 0 fully saturated rings. The number of aromatic nitrogens is 2. The Kier molecular flexibility index (Phi) is 16.7. The lowest BCUT2D eigenvalue weighted by atomic mass is 10.1. The number of benzene rings is 2. The Balaban J connectivity index is 0.00000756. The largest absolute Gasteiger partial charge is 0.484 e. The molecule has 3 aromatic rings. The molecule has 2 aromatic carbocycles. The number of nitrogens with one attached hydrogen (secondary N) is 1. The Morgan fingerprint density at radius 1 is 0.868 bits per heavy atom. The van der Waals surface area contributed by atoms with Gasteiger partial charge in [0.25, 0.3) is 5.56 Å². The number of rotatable bonds is 20. The Labute approximate surface area is 306 Å². The van der Waals surface area contributed by atoms with Crippen LogP contribution in [0.2, 0.25) is 0 Å². The van der Waals surface area contributed by atoms with Crippen molar-refractivity contribution in [3.05, 3.63) is 104 Å². The molecule has 290 valence electrons. The lowest BCUT2D eigenvalue weighted by Crippen LogP contribution is -2.33. The van der Waals surface area contributed by atoms with Crippen molar-refractivity contribution in [2.75, 3.05) is 6.61 Å². The zero-order chi connectivity index (χ0) is 37.7. The second kappa shape index (κ2) is 20.4. The summed E-state index contributed by atoms with van der Waals surface area (Å²) < 4.78 is 64.9. The highest BCUT2D eigenvalue weighted by molar-refractivity contribution is 7.61. The van der Waals surface area contributed by atoms with Gasteiger partial charge in [0.15, 0.2) is 6.23 Å². The smallest absolute Gasteiger partial charge is 0.427 e. The van der Waals surface area contributed by atoms with E-state index >= 15 is 0 Å². The minimum Gasteiger partial charge on any atom is -0.427 e. The van der Waals surface area contributed by atoms with Crippen LogP contribution in [0.3, 0.4) is 0 Å². The maximum Gasteiger partial charge on any atom is 0.484 e. The van der Waals surface area contributed by atoms with E-state index in [0.717, 1.165) is 36.7 Å². The maximum absolute atomic E-state index is 13.8. The highest BCUT2D eigenvalue weighted by Crippen LogP contribution is 2.64. The van der Waals surface area contributed by atoms with E-state index in [-0.39, 0.29) is 23.4 Å². The molecule has 0 spiro atoms. The molecule has 1 aliphatic rings. The monoisotopic (exact) mass is 781 g/mol. The molecular formula is C34H45N3O14P2. The first kappa shape index (κ1) is 43.4. The van der Waals surface area contributed by atoms with Crippen LogP contribution in [0.15, 0.2) is 76.5 Å². The fraction of sp³-hybridized carbons (Fsp3) is 0.412. The van der Waals surface area contributed by atoms with Crippen LogP contribution in [-0.4, -0.2) is 39.1 Å². The fourth-order valence-electron chi connectivity index (χ4n) is 4.76. The third-order valence-electron chi connectivity index (χ3n) is 7.43. The lowest BCUT2D eigenvalue weighted by molar-refractivity contribution is -0.134. The number of phosphoric acid groups is 2. The molecule has 0 saturated heterocycles. The number of hydrogen-bond donors (Lipinski definition) is 3. The van der Waals surface area contributed by atoms with E-state index in [1.165, 1.54) is 68.6 Å². The number of carbonyl (C=O) groups excluding carboxylic acids is 2. The van der Waals surface area contributed by atoms with E-state index in [9.17, 15) is 33.2 Å². The van der Waals surface area contributed by atoms with E-state index in [4.69, 9.17) is 32.1 Å². The van der Waals surface area contributed by atoms with E-state index in [1.807, 2.05) is 0 Å². The minimum absolute atomic E-state index is 0. The second-order valence-electron chi connectivity index (χ2n) is 11.8. The lowest BCUT2D eigenvalue weighted by Gasteiger charge is -2.22. The van der Waals surface area contributed by atoms with Crippen molar-refractivity contribution >= 4 is 27.6 Å². The number of unbranched alkanes of at least 4 members (excludes halogenated alkanes) is 4. The van der Waals surface area contributed by atoms with Gasteiger partial charge in [-0.2, -0.15) is 4.31 Å². The molecule has 17 nitrogen and oxygen atoms in total. The van der Waals surface area contributed by atoms with Gasteiger partial charge >= 0.3 is 33.3 Å². The van der Waals surface area contributed by atoms with Gasteiger partial charge in [0.1, 0.15) is 17.6 Å². The number of aryl methyl sites for hydroxylation is 1. The molecule has 0 amide bonds. The zero-order valence-corrected chi connectivity index (χ0v) is 31.5. The van der Waals surface area contributed by atoms with Crippen molar-refractivity contribution in [1.82, 2.24) is 15.7 Å². The molecule has 2 heterocycles. The number of aromatic amines is 1. The van der Waals surface area contributed by atoms with Gasteiger partial charge in [-0.1, -0.05) is 62.9 Å². The van der Waals surface area contributed by atoms with Gasteiger partial charge in [-0.3, -0.25) is 37.5 Å². The van der Waals surface area contributed by atoms with Gasteiger partial charge in [-0.05, 0) is 54.8 Å². The second-order valence-corrected chi connectivity index (χ2v) is 15.0. The minimum atomic E-state index is -5.15. The maximum atomic E-state index is 13.8. The molecule has 0 bridgehead atoms. The highest BCUT2D eigenvalue weighted by atomic mass is 31.3. The normalized spacial score (nSPS) is 17.4. The summed E-state index contributed by atoms with van der Waals surface area (Å²) in [7, 11) is -9.99. The zero-order valence-electron chi connectivity index (χ0n) is 29.7. The predicted molar refractivity (Wildman–Crippen MR) is 191 cm³/mol. The summed E-state index contributed by atoms with van der Waals surface area (Å²) in [6.07, 6.45) is 7.65. The Morgan fingerprint density at radius 2 is 1.45 bits per heavy atom. The third-order valence-corrected chi connectivity index (χ3v) is 10.4. The number of ether oxygens (including phenoxy) is 3. The Bertz CT molecular complexity index is 1910. The van der Waals surface area contributed by atoms with Gasteiger partial charge in [0.2, 0.25) is 0 Å². The average Bonchev–Trinajstić information content (AvgIpc) is 3.57. The molecule has 0 saturated carbocycles. The van der Waals surface area contributed by atoms with E-state index < -0.39 is 65.0 Å². The Hall–Kier alpha value is -4.02. The standard InChI is InChI=1S/C34H42N2O14P2.H3N/c1-4-5-6-7-8-9-32(38)49-29-16-12-27(13-17-29)22-46-52(43,45-21-26-10-14-28(15-11-26)47-25(3)37)50-51(41,42)44-23-30-18-19-31(48-30)36-20-24(2)33(39)35-34(36)40;/h10-20,30-31H,4-9,21-23H2,1-3H3,(H,41,42)(H,35,39,40);1H3/t30-,31+,52?;/m0./s1. The van der Waals surface area contributed by atoms with Crippen LogP contribution >= 0.6 is 15.6 Å². The van der Waals surface area contributed by atoms with Crippen LogP contribution in [0.4, 0.5) is 0 Å². The van der Waals surface area contributed by atoms with E-state index in [1.54, 1.807) is 12.1 Å². The highest BCUT2D eigenvalue weighted by Gasteiger charge is 2.39. The van der Waals surface area contributed by atoms with Gasteiger partial charge < -0.3 is 25.3 Å². The topological polar surface area (TPSA) is 243 Å². The van der Waals surface area contributed by atoms with E-state index in [2.05, 4.69) is 11.9 Å². The fourth-order valence-corrected chi connectivity index (χ4v) is 7.36. The summed E-state index contributed by atoms with van der Waals surface area (Å²) in [6.45, 7) is 3.50. The summed E-state index contributed by atoms with van der Waals surface area (Å²) >= 11 is 0. The van der Waals surface area contributed by atoms with Crippen LogP contribution in [0.25, 0.3) is 0 Å². The average molecular weight is 782 g/mol. The summed E-state index contributed by atoms with van der Waals surface area (Å²) in [5.74, 6) is -0.324. The van der Waals surface area contributed by atoms with Gasteiger partial charge in [-0.25, -0.2) is 13.9 Å². The molecule has 1 aromatic heterocycles. The predicted octanol–water partition coefficient (Wildman–Crippen LogP) is 6.33. The summed E-state index contributed by atoms with van der Waals surface area (Å²) in [6, 6.07) is 12.1. The molecule has 4 atom stereocenters. The number of H-pyrrole nitrogens is 1. The number of esters is 2. The summed E-state index contributed by atoms with van der Waals surface area (Å²) in [5.41, 5.74) is -0.131. The quantitative estimate of drug-likeness (QED) is 0.0373. The molecule has 2 unspecified atom stereocenters. The van der Waals surface area contributed by atoms with Crippen LogP contribution in [0.1, 0.15) is 75.3 Å². The molecule has 19 heteroatoms. The number of hydrogen-bond acceptors (Lipinski definition) is 14. The third kappa shape index (κ3) is 14.4. The van der Waals surface area contributed by atoms with Crippen molar-refractivity contribution in [2.24, 2.45) is 0 Å². The molecular weight excluding hydrogens is 736 g/mol. The first-order chi connectivity index (χ1) is 24.7. The van der Waals surface area contributed by atoms with Crippen molar-refractivity contribution in [1.29, 1.82) is 0 Å². The van der Waals surface area contributed by atoms with Gasteiger partial charge in [0.05, 0.1) is 19.8 Å². The molecule has 0 radical (unpaired) electrons. The Morgan fingerprint density at radius 3 is 2.04 bits per heavy atom. The SMILES string of the molecule is CCCCCCCC(=O)Oc1ccc(COP(=O)(OCc2ccc(OC(C)=O)cc2)OP(=O)(O)OC[C@@H]2C=C[C@H](n3cc(C)c(=O)[nH]c3=O)O2)cc1.N. The molecule has 4 rings (SSSR count). The number of phosphoric ester groups is 2. The van der Waals surface area contributed by atoms with Gasteiger partial charge in [-0.15, -0.1) is 0 Å². The molecule has 0 aliphatic carbocycles. The number of carbonyl (C=O) groups is 2. The molecule has 53 heavy (non-hydrogen) atoms. The van der Waals surface area contributed by atoms with Crippen LogP contribution < -0.4 is 26.9 Å². The first-order valence-corrected chi connectivity index (χ1v) is 19.5. The van der Waals surface area contributed by atoms with Crippen LogP contribution in [0.5, 0.6) is 11.5 Å². The van der Waals surface area contributed by atoms with Crippen molar-refractivity contribution in [2.45, 2.75) is 84.8 Å². The van der Waals surface area contributed by atoms with Crippen molar-refractivity contribution in [3.8, 4) is 11.5 Å². The first-order valence-electron chi connectivity index (χ1n) is 16.5. The van der Waals surface area contributed by atoms with Crippen LogP contribution in [0, 0.1) is 6.92 Å².